The number of hydrogen-bond donors (Lipinski definition) is 0. The van der Waals surface area contributed by atoms with Crippen molar-refractivity contribution in [2.45, 2.75) is 0 Å². The average Bonchev–Trinajstić information content (AvgIpc) is 2.41. The molecule has 2 nitrogen and oxygen atoms in total. The molecule has 92 valence electrons. The molecule has 0 aliphatic carbocycles. The summed E-state index contributed by atoms with van der Waals surface area (Å²) in [6.07, 6.45) is 0. The zero-order valence-electron chi connectivity index (χ0n) is 10.6. The third-order valence-corrected chi connectivity index (χ3v) is 3.75. The van der Waals surface area contributed by atoms with Crippen molar-refractivity contribution in [2.24, 2.45) is 0 Å². The molecule has 0 aliphatic rings. The maximum atomic E-state index is 3.14. The zero-order chi connectivity index (χ0) is 13.0. The van der Waals surface area contributed by atoms with Crippen molar-refractivity contribution in [3.05, 3.63) is 60.7 Å². The first-order valence-corrected chi connectivity index (χ1v) is 6.67. The summed E-state index contributed by atoms with van der Waals surface area (Å²) in [5, 5.41) is 0. The van der Waals surface area contributed by atoms with Gasteiger partial charge in [-0.15, -0.1) is 0 Å². The summed E-state index contributed by atoms with van der Waals surface area (Å²) in [6.45, 7) is 0. The van der Waals surface area contributed by atoms with Crippen LogP contribution in [0.1, 0.15) is 0 Å². The predicted octanol–water partition coefficient (Wildman–Crippen LogP) is 2.64. The maximum absolute atomic E-state index is 3.14. The molecule has 2 rings (SSSR count). The summed E-state index contributed by atoms with van der Waals surface area (Å²) < 4.78 is 1.06. The van der Waals surface area contributed by atoms with Gasteiger partial charge in [0.25, 0.3) is 0 Å². The van der Waals surface area contributed by atoms with Crippen molar-refractivity contribution in [1.82, 2.24) is 4.90 Å². The van der Waals surface area contributed by atoms with Crippen LogP contribution in [0.25, 0.3) is 0 Å². The van der Waals surface area contributed by atoms with Crippen LogP contribution in [0.3, 0.4) is 0 Å². The summed E-state index contributed by atoms with van der Waals surface area (Å²) in [7, 11) is 4.06. The van der Waals surface area contributed by atoms with Gasteiger partial charge >= 0.3 is 116 Å². The van der Waals surface area contributed by atoms with Gasteiger partial charge in [0.2, 0.25) is 0 Å². The first-order chi connectivity index (χ1) is 8.70. The predicted molar refractivity (Wildman–Crippen MR) is 79.5 cm³/mol. The molecule has 0 N–H and O–H groups in total. The number of hydrogen-bond acceptors (Lipinski definition) is 2. The van der Waals surface area contributed by atoms with Crippen molar-refractivity contribution in [2.75, 3.05) is 19.0 Å². The van der Waals surface area contributed by atoms with Crippen molar-refractivity contribution in [1.29, 1.82) is 0 Å². The molecule has 18 heavy (non-hydrogen) atoms. The molecule has 0 atom stereocenters. The van der Waals surface area contributed by atoms with E-state index in [-0.39, 0.29) is 0 Å². The van der Waals surface area contributed by atoms with Crippen molar-refractivity contribution < 1.29 is 0 Å². The van der Waals surface area contributed by atoms with E-state index in [1.165, 1.54) is 0 Å². The summed E-state index contributed by atoms with van der Waals surface area (Å²) in [5.74, 6) is 0. The van der Waals surface area contributed by atoms with Gasteiger partial charge in [0.15, 0.2) is 0 Å². The second-order valence-electron chi connectivity index (χ2n) is 4.18. The number of nitrogens with zero attached hydrogens (tertiary/aromatic N) is 2. The third-order valence-electron chi connectivity index (χ3n) is 2.60. The Kier molecular flexibility index (Phi) is 4.19. The molecule has 0 aromatic heterocycles. The fourth-order valence-electron chi connectivity index (χ4n) is 1.72. The molecule has 0 amide bonds. The van der Waals surface area contributed by atoms with E-state index in [9.17, 15) is 0 Å². The Labute approximate surface area is 116 Å². The number of rotatable bonds is 4. The van der Waals surface area contributed by atoms with Crippen LogP contribution in [0.15, 0.2) is 60.7 Å². The van der Waals surface area contributed by atoms with E-state index in [0.717, 1.165) is 16.0 Å². The summed E-state index contributed by atoms with van der Waals surface area (Å²) >= 11 is 3.14. The van der Waals surface area contributed by atoms with Crippen molar-refractivity contribution in [3.8, 4) is 0 Å². The van der Waals surface area contributed by atoms with Crippen LogP contribution < -0.4 is 4.90 Å². The molecule has 2 aromatic carbocycles. The average molecular weight is 303 g/mol. The number of anilines is 2. The zero-order valence-corrected chi connectivity index (χ0v) is 12.3. The van der Waals surface area contributed by atoms with Crippen molar-refractivity contribution >= 4 is 31.6 Å². The Hall–Kier alpha value is -1.57. The normalized spacial score (nSPS) is 9.89. The van der Waals surface area contributed by atoms with Crippen LogP contribution in [0.2, 0.25) is 0 Å². The van der Waals surface area contributed by atoms with Crippen LogP contribution in [0, 0.1) is 0 Å². The molecule has 0 fully saturated rings. The second-order valence-corrected chi connectivity index (χ2v) is 4.95. The number of benzene rings is 2. The molecule has 2 aromatic rings. The standard InChI is InChI=1S/C15H16N2Se/c1-16(2)15(18)17(13-9-5-3-6-10-13)14-11-7-4-8-12-14/h3-12H,1-2H3. The molecule has 0 saturated carbocycles. The van der Waals surface area contributed by atoms with E-state index in [1.54, 1.807) is 0 Å². The molecule has 0 radical (unpaired) electrons. The fraction of sp³-hybridized carbons (Fsp3) is 0.133. The molecular formula is C15H16N2Se. The van der Waals surface area contributed by atoms with E-state index in [4.69, 9.17) is 0 Å². The van der Waals surface area contributed by atoms with E-state index < -0.39 is 0 Å². The molecule has 3 heteroatoms. The third kappa shape index (κ3) is 2.81. The van der Waals surface area contributed by atoms with E-state index in [1.807, 2.05) is 50.5 Å². The Morgan fingerprint density at radius 2 is 1.17 bits per heavy atom. The summed E-state index contributed by atoms with van der Waals surface area (Å²) in [4.78, 5) is 4.26. The molecule has 0 aliphatic heterocycles. The molecule has 0 saturated heterocycles. The molecule has 0 heterocycles. The van der Waals surface area contributed by atoms with Crippen molar-refractivity contribution in [3.63, 3.8) is 0 Å². The van der Waals surface area contributed by atoms with Gasteiger partial charge in [-0.2, -0.15) is 0 Å². The minimum atomic E-state index is 1.06. The molecule has 0 unspecified atom stereocenters. The second kappa shape index (κ2) is 5.85. The molecular weight excluding hydrogens is 287 g/mol. The van der Waals surface area contributed by atoms with Gasteiger partial charge in [-0.05, 0) is 0 Å². The van der Waals surface area contributed by atoms with Crippen LogP contribution in [0.4, 0.5) is 11.4 Å². The van der Waals surface area contributed by atoms with Gasteiger partial charge in [0, 0.05) is 0 Å². The Morgan fingerprint density at radius 3 is 1.50 bits per heavy atom. The van der Waals surface area contributed by atoms with Crippen LogP contribution in [-0.4, -0.2) is 39.2 Å². The summed E-state index contributed by atoms with van der Waals surface area (Å²) in [6, 6.07) is 20.7. The van der Waals surface area contributed by atoms with Gasteiger partial charge in [-0.25, -0.2) is 0 Å². The minimum absolute atomic E-state index is 1.06. The van der Waals surface area contributed by atoms with Gasteiger partial charge < -0.3 is 0 Å². The molecule has 0 bridgehead atoms. The first-order valence-electron chi connectivity index (χ1n) is 5.81. The first kappa shape index (κ1) is 12.9. The fourth-order valence-corrected chi connectivity index (χ4v) is 2.17. The SMILES string of the molecule is CN(C)C(=[Se])N(c1ccccc1)c1ccccc1. The Morgan fingerprint density at radius 1 is 0.778 bits per heavy atom. The molecule has 0 spiro atoms. The van der Waals surface area contributed by atoms with E-state index in [2.05, 4.69) is 49.6 Å². The van der Waals surface area contributed by atoms with Crippen LogP contribution >= 0.6 is 0 Å². The van der Waals surface area contributed by atoms with Gasteiger partial charge in [-0.1, -0.05) is 0 Å². The van der Waals surface area contributed by atoms with Gasteiger partial charge in [0.1, 0.15) is 0 Å². The van der Waals surface area contributed by atoms with Gasteiger partial charge in [0.05, 0.1) is 0 Å². The van der Waals surface area contributed by atoms with Gasteiger partial charge in [-0.3, -0.25) is 0 Å². The van der Waals surface area contributed by atoms with E-state index in [0.29, 0.717) is 0 Å². The number of para-hydroxylation sites is 2. The quantitative estimate of drug-likeness (QED) is 0.801. The Balaban J connectivity index is 2.45. The monoisotopic (exact) mass is 304 g/mol. The van der Waals surface area contributed by atoms with E-state index >= 15 is 0 Å². The van der Waals surface area contributed by atoms with Crippen LogP contribution in [-0.2, 0) is 0 Å². The summed E-state index contributed by atoms with van der Waals surface area (Å²) in [5.41, 5.74) is 2.29. The van der Waals surface area contributed by atoms with Crippen LogP contribution in [0.5, 0.6) is 0 Å². The topological polar surface area (TPSA) is 6.48 Å². The Bertz CT molecular complexity index is 469.